The number of pyridine rings is 1. The quantitative estimate of drug-likeness (QED) is 0.547. The van der Waals surface area contributed by atoms with Crippen molar-refractivity contribution in [3.63, 3.8) is 0 Å². The lowest BCUT2D eigenvalue weighted by Crippen LogP contribution is -2.29. The second-order valence-electron chi connectivity index (χ2n) is 7.48. The Morgan fingerprint density at radius 3 is 2.90 bits per heavy atom. The number of amides is 2. The van der Waals surface area contributed by atoms with E-state index in [9.17, 15) is 9.59 Å². The van der Waals surface area contributed by atoms with E-state index in [4.69, 9.17) is 0 Å². The second-order valence-corrected chi connectivity index (χ2v) is 8.54. The number of hydrogen-bond acceptors (Lipinski definition) is 5. The van der Waals surface area contributed by atoms with Crippen LogP contribution in [0.5, 0.6) is 0 Å². The maximum Gasteiger partial charge on any atom is 0.251 e. The minimum absolute atomic E-state index is 0.0279. The van der Waals surface area contributed by atoms with Crippen molar-refractivity contribution >= 4 is 29.4 Å². The van der Waals surface area contributed by atoms with Crippen molar-refractivity contribution < 1.29 is 9.59 Å². The zero-order chi connectivity index (χ0) is 21.6. The number of benzene rings is 1. The number of thioether (sulfide) groups is 1. The lowest BCUT2D eigenvalue weighted by Gasteiger charge is -2.24. The fraction of sp³-hybridized carbons (Fsp3) is 0.304. The maximum absolute atomic E-state index is 12.6. The highest BCUT2D eigenvalue weighted by Gasteiger charge is 2.35. The fourth-order valence-electron chi connectivity index (χ4n) is 3.54. The molecule has 1 aliphatic rings. The van der Waals surface area contributed by atoms with Crippen molar-refractivity contribution in [3.05, 3.63) is 77.7 Å². The summed E-state index contributed by atoms with van der Waals surface area (Å²) in [7, 11) is 0. The molecule has 31 heavy (non-hydrogen) atoms. The molecule has 3 aromatic rings. The van der Waals surface area contributed by atoms with Gasteiger partial charge in [0.25, 0.3) is 5.91 Å². The van der Waals surface area contributed by atoms with E-state index in [-0.39, 0.29) is 17.2 Å². The molecule has 1 aromatic carbocycles. The predicted molar refractivity (Wildman–Crippen MR) is 122 cm³/mol. The third kappa shape index (κ3) is 5.14. The van der Waals surface area contributed by atoms with Crippen LogP contribution in [-0.2, 0) is 11.3 Å². The van der Waals surface area contributed by atoms with Crippen LogP contribution in [0.15, 0.2) is 61.1 Å². The van der Waals surface area contributed by atoms with E-state index in [0.29, 0.717) is 23.7 Å². The number of carbonyl (C=O) groups excluding carboxylic acids is 2. The highest BCUT2D eigenvalue weighted by molar-refractivity contribution is 8.00. The van der Waals surface area contributed by atoms with E-state index >= 15 is 0 Å². The van der Waals surface area contributed by atoms with Gasteiger partial charge in [0.2, 0.25) is 5.91 Å². The molecule has 160 valence electrons. The van der Waals surface area contributed by atoms with Gasteiger partial charge in [-0.2, -0.15) is 5.10 Å². The number of rotatable bonds is 8. The molecular formula is C23H25N5O2S. The SMILES string of the molecule is Cc1ccnc(N2C(=O)CS[C@@H]2c2cccc(C(=O)NCCCCn3cccn3)c2)c1. The minimum atomic E-state index is -0.191. The largest absolute Gasteiger partial charge is 0.352 e. The topological polar surface area (TPSA) is 80.1 Å². The van der Waals surface area contributed by atoms with E-state index < -0.39 is 0 Å². The maximum atomic E-state index is 12.6. The summed E-state index contributed by atoms with van der Waals surface area (Å²) in [6.07, 6.45) is 7.24. The molecule has 2 aromatic heterocycles. The summed E-state index contributed by atoms with van der Waals surface area (Å²) >= 11 is 1.55. The summed E-state index contributed by atoms with van der Waals surface area (Å²) in [5.41, 5.74) is 2.57. The van der Waals surface area contributed by atoms with Crippen LogP contribution in [0.2, 0.25) is 0 Å². The molecular weight excluding hydrogens is 410 g/mol. The molecule has 2 amide bonds. The lowest BCUT2D eigenvalue weighted by atomic mass is 10.1. The monoisotopic (exact) mass is 435 g/mol. The Morgan fingerprint density at radius 2 is 2.10 bits per heavy atom. The lowest BCUT2D eigenvalue weighted by molar-refractivity contribution is -0.115. The van der Waals surface area contributed by atoms with Gasteiger partial charge in [-0.1, -0.05) is 12.1 Å². The van der Waals surface area contributed by atoms with Crippen molar-refractivity contribution in [2.45, 2.75) is 31.7 Å². The number of nitrogens with zero attached hydrogens (tertiary/aromatic N) is 4. The van der Waals surface area contributed by atoms with Crippen LogP contribution in [0, 0.1) is 6.92 Å². The molecule has 4 rings (SSSR count). The van der Waals surface area contributed by atoms with Gasteiger partial charge in [0.05, 0.1) is 5.75 Å². The highest BCUT2D eigenvalue weighted by atomic mass is 32.2. The number of hydrogen-bond donors (Lipinski definition) is 1. The van der Waals surface area contributed by atoms with Gasteiger partial charge in [0, 0.05) is 37.2 Å². The Balaban J connectivity index is 1.39. The zero-order valence-corrected chi connectivity index (χ0v) is 18.2. The Bertz CT molecular complexity index is 1050. The third-order valence-electron chi connectivity index (χ3n) is 5.11. The predicted octanol–water partition coefficient (Wildman–Crippen LogP) is 3.58. The molecule has 0 unspecified atom stereocenters. The van der Waals surface area contributed by atoms with E-state index in [1.54, 1.807) is 35.1 Å². The number of nitrogens with one attached hydrogen (secondary N) is 1. The molecule has 1 fully saturated rings. The van der Waals surface area contributed by atoms with Crippen LogP contribution < -0.4 is 10.2 Å². The molecule has 0 saturated carbocycles. The van der Waals surface area contributed by atoms with E-state index in [0.717, 1.165) is 30.5 Å². The van der Waals surface area contributed by atoms with E-state index in [1.165, 1.54) is 0 Å². The average molecular weight is 436 g/mol. The third-order valence-corrected chi connectivity index (χ3v) is 6.32. The molecule has 3 heterocycles. The average Bonchev–Trinajstić information content (AvgIpc) is 3.43. The Labute approximate surface area is 185 Å². The van der Waals surface area contributed by atoms with Crippen molar-refractivity contribution in [2.24, 2.45) is 0 Å². The molecule has 1 aliphatic heterocycles. The van der Waals surface area contributed by atoms with Gasteiger partial charge in [0.1, 0.15) is 11.2 Å². The molecule has 8 heteroatoms. The summed E-state index contributed by atoms with van der Waals surface area (Å²) < 4.78 is 1.89. The summed E-state index contributed by atoms with van der Waals surface area (Å²) in [6.45, 7) is 3.43. The Kier molecular flexibility index (Phi) is 6.66. The first-order valence-corrected chi connectivity index (χ1v) is 11.4. The molecule has 1 atom stereocenters. The first-order chi connectivity index (χ1) is 15.1. The molecule has 1 saturated heterocycles. The van der Waals surface area contributed by atoms with Crippen molar-refractivity contribution in [1.29, 1.82) is 0 Å². The van der Waals surface area contributed by atoms with Gasteiger partial charge >= 0.3 is 0 Å². The normalized spacial score (nSPS) is 16.0. The molecule has 0 radical (unpaired) electrons. The highest BCUT2D eigenvalue weighted by Crippen LogP contribution is 2.41. The van der Waals surface area contributed by atoms with Gasteiger partial charge < -0.3 is 5.32 Å². The number of anilines is 1. The number of aryl methyl sites for hydroxylation is 2. The first-order valence-electron chi connectivity index (χ1n) is 10.3. The Morgan fingerprint density at radius 1 is 1.19 bits per heavy atom. The number of aromatic nitrogens is 3. The van der Waals surface area contributed by atoms with Crippen LogP contribution in [-0.4, -0.2) is 38.9 Å². The minimum Gasteiger partial charge on any atom is -0.352 e. The van der Waals surface area contributed by atoms with Gasteiger partial charge in [-0.3, -0.25) is 19.2 Å². The molecule has 7 nitrogen and oxygen atoms in total. The summed E-state index contributed by atoms with van der Waals surface area (Å²) in [6, 6.07) is 13.2. The zero-order valence-electron chi connectivity index (χ0n) is 17.4. The standard InChI is InChI=1S/C23H25N5O2S/c1-17-8-11-24-20(14-17)28-21(29)16-31-23(28)19-7-4-6-18(15-19)22(30)25-9-2-3-12-27-13-5-10-26-27/h4-8,10-11,13-15,23H,2-3,9,12,16H2,1H3,(H,25,30)/t23-/m1/s1. The first kappa shape index (κ1) is 21.1. The molecule has 0 aliphatic carbocycles. The van der Waals surface area contributed by atoms with Gasteiger partial charge in [-0.15, -0.1) is 11.8 Å². The van der Waals surface area contributed by atoms with Gasteiger partial charge in [-0.05, 0) is 61.2 Å². The van der Waals surface area contributed by atoms with Crippen LogP contribution in [0.1, 0.15) is 39.7 Å². The van der Waals surface area contributed by atoms with Gasteiger partial charge in [0.15, 0.2) is 0 Å². The van der Waals surface area contributed by atoms with Crippen molar-refractivity contribution in [1.82, 2.24) is 20.1 Å². The molecule has 1 N–H and O–H groups in total. The number of carbonyl (C=O) groups is 2. The molecule has 0 bridgehead atoms. The van der Waals surface area contributed by atoms with E-state index in [2.05, 4.69) is 15.4 Å². The van der Waals surface area contributed by atoms with Crippen LogP contribution in [0.4, 0.5) is 5.82 Å². The van der Waals surface area contributed by atoms with Crippen molar-refractivity contribution in [2.75, 3.05) is 17.2 Å². The van der Waals surface area contributed by atoms with Gasteiger partial charge in [-0.25, -0.2) is 4.98 Å². The Hall–Kier alpha value is -3.13. The summed E-state index contributed by atoms with van der Waals surface area (Å²) in [4.78, 5) is 31.3. The van der Waals surface area contributed by atoms with Crippen molar-refractivity contribution in [3.8, 4) is 0 Å². The smallest absolute Gasteiger partial charge is 0.251 e. The molecule has 0 spiro atoms. The summed E-state index contributed by atoms with van der Waals surface area (Å²) in [5, 5.41) is 6.97. The van der Waals surface area contributed by atoms with Crippen LogP contribution in [0.3, 0.4) is 0 Å². The summed E-state index contributed by atoms with van der Waals surface area (Å²) in [5.74, 6) is 0.968. The van der Waals surface area contributed by atoms with Crippen LogP contribution >= 0.6 is 11.8 Å². The number of unbranched alkanes of at least 4 members (excludes halogenated alkanes) is 1. The fourth-order valence-corrected chi connectivity index (χ4v) is 4.69. The second kappa shape index (κ2) is 9.78. The van der Waals surface area contributed by atoms with Crippen LogP contribution in [0.25, 0.3) is 0 Å². The van der Waals surface area contributed by atoms with E-state index in [1.807, 2.05) is 54.2 Å².